The van der Waals surface area contributed by atoms with Crippen LogP contribution in [0.4, 0.5) is 0 Å². The topological polar surface area (TPSA) is 135 Å². The molecule has 0 fully saturated rings. The fourth-order valence-corrected chi connectivity index (χ4v) is 3.95. The van der Waals surface area contributed by atoms with E-state index in [9.17, 15) is 25.9 Å². The molecule has 0 aliphatic rings. The fraction of sp³-hybridized carbons (Fsp3) is 0. The number of fused-ring (bicyclic) bond motifs is 1. The molecule has 2 aromatic carbocycles. The molecule has 2 N–H and O–H groups in total. The quantitative estimate of drug-likeness (QED) is 0.670. The lowest BCUT2D eigenvalue weighted by Crippen LogP contribution is -2.09. The highest BCUT2D eigenvalue weighted by molar-refractivity contribution is 7.89. The van der Waals surface area contributed by atoms with Crippen LogP contribution in [-0.2, 0) is 20.2 Å². The van der Waals surface area contributed by atoms with E-state index >= 15 is 0 Å². The Bertz CT molecular complexity index is 1140. The van der Waals surface area contributed by atoms with Gasteiger partial charge < -0.3 is 0 Å². The van der Waals surface area contributed by atoms with E-state index in [2.05, 4.69) is 9.97 Å². The van der Waals surface area contributed by atoms with Gasteiger partial charge in [-0.3, -0.25) is 14.1 Å². The third kappa shape index (κ3) is 3.12. The van der Waals surface area contributed by atoms with Crippen molar-refractivity contribution in [2.24, 2.45) is 0 Å². The Morgan fingerprint density at radius 2 is 1.33 bits per heavy atom. The van der Waals surface area contributed by atoms with E-state index in [1.54, 1.807) is 24.3 Å². The first-order valence-corrected chi connectivity index (χ1v) is 9.35. The van der Waals surface area contributed by atoms with Crippen LogP contribution in [0.25, 0.3) is 22.3 Å². The molecule has 10 heteroatoms. The molecule has 3 aromatic rings. The Kier molecular flexibility index (Phi) is 3.84. The molecule has 1 aromatic heterocycles. The van der Waals surface area contributed by atoms with E-state index in [0.29, 0.717) is 5.69 Å². The van der Waals surface area contributed by atoms with Gasteiger partial charge in [-0.05, 0) is 12.1 Å². The van der Waals surface area contributed by atoms with Crippen LogP contribution in [-0.4, -0.2) is 35.9 Å². The molecule has 0 unspecified atom stereocenters. The van der Waals surface area contributed by atoms with Gasteiger partial charge in [-0.25, -0.2) is 4.98 Å². The molecule has 3 rings (SSSR count). The van der Waals surface area contributed by atoms with Crippen molar-refractivity contribution in [2.45, 2.75) is 9.79 Å². The molecule has 0 radical (unpaired) electrons. The Balaban J connectivity index is 2.33. The van der Waals surface area contributed by atoms with Gasteiger partial charge in [0.2, 0.25) is 0 Å². The van der Waals surface area contributed by atoms with E-state index in [0.717, 1.165) is 17.7 Å². The van der Waals surface area contributed by atoms with Gasteiger partial charge >= 0.3 is 0 Å². The number of hydrogen-bond acceptors (Lipinski definition) is 6. The molecule has 0 aliphatic carbocycles. The van der Waals surface area contributed by atoms with E-state index in [-0.39, 0.29) is 11.0 Å². The van der Waals surface area contributed by atoms with Crippen LogP contribution in [0.5, 0.6) is 0 Å². The first-order chi connectivity index (χ1) is 11.2. The van der Waals surface area contributed by atoms with E-state index < -0.39 is 30.0 Å². The van der Waals surface area contributed by atoms with Crippen LogP contribution in [0.1, 0.15) is 0 Å². The fourth-order valence-electron chi connectivity index (χ4n) is 2.17. The van der Waals surface area contributed by atoms with Gasteiger partial charge in [0.05, 0.1) is 22.9 Å². The normalized spacial score (nSPS) is 12.4. The van der Waals surface area contributed by atoms with Gasteiger partial charge in [0.25, 0.3) is 20.2 Å². The number of aromatic nitrogens is 2. The largest absolute Gasteiger partial charge is 0.295 e. The molecule has 0 spiro atoms. The van der Waals surface area contributed by atoms with Crippen LogP contribution in [0, 0.1) is 0 Å². The molecule has 0 atom stereocenters. The van der Waals surface area contributed by atoms with Gasteiger partial charge in [0.15, 0.2) is 0 Å². The minimum absolute atomic E-state index is 0.0507. The first kappa shape index (κ1) is 16.5. The summed E-state index contributed by atoms with van der Waals surface area (Å²) in [7, 11) is -9.77. The van der Waals surface area contributed by atoms with Crippen molar-refractivity contribution in [3.05, 3.63) is 48.7 Å². The molecule has 0 amide bonds. The summed E-state index contributed by atoms with van der Waals surface area (Å²) in [6.45, 7) is 0. The van der Waals surface area contributed by atoms with Gasteiger partial charge in [-0.1, -0.05) is 30.3 Å². The second-order valence-electron chi connectivity index (χ2n) is 4.86. The molecule has 0 bridgehead atoms. The average molecular weight is 366 g/mol. The van der Waals surface area contributed by atoms with Crippen LogP contribution in [0.3, 0.4) is 0 Å². The predicted molar refractivity (Wildman–Crippen MR) is 84.6 cm³/mol. The van der Waals surface area contributed by atoms with Crippen molar-refractivity contribution in [3.8, 4) is 11.3 Å². The Labute approximate surface area is 137 Å². The summed E-state index contributed by atoms with van der Waals surface area (Å²) in [5, 5.41) is 0. The third-order valence-electron chi connectivity index (χ3n) is 3.23. The molecule has 0 aliphatic heterocycles. The van der Waals surface area contributed by atoms with Crippen LogP contribution < -0.4 is 0 Å². The lowest BCUT2D eigenvalue weighted by molar-refractivity contribution is 0.467. The zero-order valence-electron chi connectivity index (χ0n) is 11.9. The highest BCUT2D eigenvalue weighted by Crippen LogP contribution is 2.27. The van der Waals surface area contributed by atoms with Crippen LogP contribution >= 0.6 is 0 Å². The maximum atomic E-state index is 11.4. The monoisotopic (exact) mass is 366 g/mol. The van der Waals surface area contributed by atoms with Gasteiger partial charge in [0.1, 0.15) is 9.79 Å². The summed E-state index contributed by atoms with van der Waals surface area (Å²) in [5.41, 5.74) is 1.26. The maximum Gasteiger partial charge on any atom is 0.295 e. The smallest absolute Gasteiger partial charge is 0.282 e. The molecule has 8 nitrogen and oxygen atoms in total. The summed E-state index contributed by atoms with van der Waals surface area (Å²) in [6.07, 6.45) is 1.39. The molecule has 1 heterocycles. The van der Waals surface area contributed by atoms with Crippen molar-refractivity contribution < 1.29 is 25.9 Å². The molecule has 124 valence electrons. The lowest BCUT2D eigenvalue weighted by atomic mass is 10.1. The highest BCUT2D eigenvalue weighted by atomic mass is 32.2. The third-order valence-corrected chi connectivity index (χ3v) is 5.15. The Morgan fingerprint density at radius 3 is 1.88 bits per heavy atom. The van der Waals surface area contributed by atoms with Crippen molar-refractivity contribution in [1.29, 1.82) is 0 Å². The van der Waals surface area contributed by atoms with Gasteiger partial charge in [-0.15, -0.1) is 0 Å². The number of hydrogen-bond donors (Lipinski definition) is 2. The maximum absolute atomic E-state index is 11.4. The van der Waals surface area contributed by atoms with Crippen LogP contribution in [0.15, 0.2) is 58.5 Å². The average Bonchev–Trinajstić information content (AvgIpc) is 2.52. The molecular formula is C14H10N2O6S2. The predicted octanol–water partition coefficient (Wildman–Crippen LogP) is 1.79. The van der Waals surface area contributed by atoms with Gasteiger partial charge in [0, 0.05) is 5.56 Å². The van der Waals surface area contributed by atoms with E-state index in [4.69, 9.17) is 0 Å². The number of benzene rings is 2. The van der Waals surface area contributed by atoms with Crippen molar-refractivity contribution in [1.82, 2.24) is 9.97 Å². The van der Waals surface area contributed by atoms with E-state index in [1.165, 1.54) is 6.20 Å². The molecular weight excluding hydrogens is 356 g/mol. The summed E-state index contributed by atoms with van der Waals surface area (Å²) in [5.74, 6) is 0. The van der Waals surface area contributed by atoms with Crippen LogP contribution in [0.2, 0.25) is 0 Å². The number of rotatable bonds is 3. The van der Waals surface area contributed by atoms with Crippen molar-refractivity contribution >= 4 is 31.3 Å². The minimum Gasteiger partial charge on any atom is -0.282 e. The van der Waals surface area contributed by atoms with Crippen molar-refractivity contribution in [3.63, 3.8) is 0 Å². The first-order valence-electron chi connectivity index (χ1n) is 6.47. The summed E-state index contributed by atoms with van der Waals surface area (Å²) < 4.78 is 64.0. The second kappa shape index (κ2) is 5.60. The lowest BCUT2D eigenvalue weighted by Gasteiger charge is -2.07. The highest BCUT2D eigenvalue weighted by Gasteiger charge is 2.25. The summed E-state index contributed by atoms with van der Waals surface area (Å²) in [6, 6.07) is 10.6. The molecule has 0 saturated heterocycles. The van der Waals surface area contributed by atoms with Gasteiger partial charge in [-0.2, -0.15) is 16.8 Å². The zero-order chi connectivity index (χ0) is 17.5. The standard InChI is InChI=1S/C14H10N2O6S2/c17-23(18,19)13-6-10-11(7-14(13)24(20,21)22)16-12(8-15-10)9-4-2-1-3-5-9/h1-8H,(H,17,18,19)(H,20,21,22). The molecule has 0 saturated carbocycles. The Morgan fingerprint density at radius 1 is 0.792 bits per heavy atom. The Hall–Kier alpha value is -2.40. The second-order valence-corrected chi connectivity index (χ2v) is 7.64. The van der Waals surface area contributed by atoms with E-state index in [1.807, 2.05) is 6.07 Å². The summed E-state index contributed by atoms with van der Waals surface area (Å²) in [4.78, 5) is 6.35. The summed E-state index contributed by atoms with van der Waals surface area (Å²) >= 11 is 0. The SMILES string of the molecule is O=S(=O)(O)c1cc2ncc(-c3ccccc3)nc2cc1S(=O)(=O)O. The minimum atomic E-state index is -4.89. The number of nitrogens with zero attached hydrogens (tertiary/aromatic N) is 2. The van der Waals surface area contributed by atoms with Crippen molar-refractivity contribution in [2.75, 3.05) is 0 Å². The molecule has 24 heavy (non-hydrogen) atoms. The zero-order valence-corrected chi connectivity index (χ0v) is 13.5.